The van der Waals surface area contributed by atoms with Gasteiger partial charge < -0.3 is 9.74 Å². The van der Waals surface area contributed by atoms with Crippen molar-refractivity contribution < 1.29 is 9.63 Å². The first-order valence-electron chi connectivity index (χ1n) is 5.55. The number of piperidine rings is 1. The second-order valence-corrected chi connectivity index (χ2v) is 5.33. The molecule has 1 aliphatic rings. The van der Waals surface area contributed by atoms with Crippen LogP contribution in [0.25, 0.3) is 0 Å². The molecular formula is C11H22N2O2. The summed E-state index contributed by atoms with van der Waals surface area (Å²) < 4.78 is 0. The number of nitrogens with one attached hydrogen (secondary N) is 1. The topological polar surface area (TPSA) is 41.6 Å². The summed E-state index contributed by atoms with van der Waals surface area (Å²) in [7, 11) is 2.11. The molecule has 0 aromatic rings. The smallest absolute Gasteiger partial charge is 0.329 e. The van der Waals surface area contributed by atoms with Crippen LogP contribution in [0.15, 0.2) is 0 Å². The number of hydroxylamine groups is 1. The van der Waals surface area contributed by atoms with Crippen molar-refractivity contribution >= 4 is 5.97 Å². The van der Waals surface area contributed by atoms with Crippen molar-refractivity contribution in [2.75, 3.05) is 20.1 Å². The molecule has 4 nitrogen and oxygen atoms in total. The third kappa shape index (κ3) is 4.18. The van der Waals surface area contributed by atoms with Crippen LogP contribution >= 0.6 is 0 Å². The standard InChI is InChI=1S/C11H22N2O2/c1-11(2,3)10(14)15-12-9-5-7-13(4)8-6-9/h9,12H,5-8H2,1-4H3. The highest BCUT2D eigenvalue weighted by Crippen LogP contribution is 2.15. The Morgan fingerprint density at radius 3 is 2.33 bits per heavy atom. The predicted molar refractivity (Wildman–Crippen MR) is 59.2 cm³/mol. The van der Waals surface area contributed by atoms with E-state index in [1.54, 1.807) is 0 Å². The van der Waals surface area contributed by atoms with Crippen molar-refractivity contribution in [2.45, 2.75) is 39.7 Å². The zero-order valence-corrected chi connectivity index (χ0v) is 10.2. The van der Waals surface area contributed by atoms with E-state index in [1.165, 1.54) is 0 Å². The Morgan fingerprint density at radius 1 is 1.33 bits per heavy atom. The van der Waals surface area contributed by atoms with Gasteiger partial charge in [0.15, 0.2) is 0 Å². The minimum atomic E-state index is -0.432. The fraction of sp³-hybridized carbons (Fsp3) is 0.909. The molecule has 0 aromatic heterocycles. The second kappa shape index (κ2) is 4.94. The van der Waals surface area contributed by atoms with E-state index < -0.39 is 5.41 Å². The van der Waals surface area contributed by atoms with Crippen LogP contribution in [-0.4, -0.2) is 37.0 Å². The molecule has 0 aliphatic carbocycles. The zero-order valence-electron chi connectivity index (χ0n) is 10.2. The monoisotopic (exact) mass is 214 g/mol. The van der Waals surface area contributed by atoms with Crippen LogP contribution in [0.3, 0.4) is 0 Å². The van der Waals surface area contributed by atoms with Gasteiger partial charge in [-0.2, -0.15) is 0 Å². The number of likely N-dealkylation sites (tertiary alicyclic amines) is 1. The van der Waals surface area contributed by atoms with Crippen LogP contribution in [-0.2, 0) is 9.63 Å². The predicted octanol–water partition coefficient (Wildman–Crippen LogP) is 1.17. The fourth-order valence-electron chi connectivity index (χ4n) is 1.42. The van der Waals surface area contributed by atoms with Gasteiger partial charge in [-0.05, 0) is 53.8 Å². The molecule has 1 saturated heterocycles. The molecule has 0 spiro atoms. The van der Waals surface area contributed by atoms with Crippen LogP contribution < -0.4 is 5.48 Å². The Hall–Kier alpha value is -0.610. The summed E-state index contributed by atoms with van der Waals surface area (Å²) in [5.41, 5.74) is 2.44. The number of hydrogen-bond acceptors (Lipinski definition) is 4. The maximum atomic E-state index is 11.5. The minimum Gasteiger partial charge on any atom is -0.370 e. The van der Waals surface area contributed by atoms with Gasteiger partial charge in [0, 0.05) is 6.04 Å². The van der Waals surface area contributed by atoms with Crippen molar-refractivity contribution in [3.8, 4) is 0 Å². The molecule has 1 fully saturated rings. The van der Waals surface area contributed by atoms with Crippen LogP contribution in [0.4, 0.5) is 0 Å². The van der Waals surface area contributed by atoms with Gasteiger partial charge in [0.2, 0.25) is 0 Å². The number of carbonyl (C=O) groups excluding carboxylic acids is 1. The lowest BCUT2D eigenvalue weighted by Gasteiger charge is -2.29. The Morgan fingerprint density at radius 2 is 1.87 bits per heavy atom. The van der Waals surface area contributed by atoms with E-state index in [0.29, 0.717) is 6.04 Å². The number of nitrogens with zero attached hydrogens (tertiary/aromatic N) is 1. The highest BCUT2D eigenvalue weighted by molar-refractivity contribution is 5.75. The molecule has 1 heterocycles. The average Bonchev–Trinajstić information content (AvgIpc) is 2.15. The molecule has 0 saturated carbocycles. The van der Waals surface area contributed by atoms with Gasteiger partial charge in [-0.25, -0.2) is 4.79 Å². The van der Waals surface area contributed by atoms with Crippen molar-refractivity contribution in [3.63, 3.8) is 0 Å². The highest BCUT2D eigenvalue weighted by Gasteiger charge is 2.25. The molecular weight excluding hydrogens is 192 g/mol. The Kier molecular flexibility index (Phi) is 4.11. The van der Waals surface area contributed by atoms with Crippen molar-refractivity contribution in [2.24, 2.45) is 5.41 Å². The van der Waals surface area contributed by atoms with Gasteiger partial charge in [-0.1, -0.05) is 0 Å². The SMILES string of the molecule is CN1CCC(NOC(=O)C(C)(C)C)CC1. The third-order valence-corrected chi connectivity index (χ3v) is 2.65. The minimum absolute atomic E-state index is 0.193. The van der Waals surface area contributed by atoms with E-state index in [2.05, 4.69) is 17.4 Å². The quantitative estimate of drug-likeness (QED) is 0.701. The summed E-state index contributed by atoms with van der Waals surface area (Å²) in [5, 5.41) is 0. The Labute approximate surface area is 91.9 Å². The lowest BCUT2D eigenvalue weighted by molar-refractivity contribution is -0.163. The maximum absolute atomic E-state index is 11.5. The van der Waals surface area contributed by atoms with Crippen molar-refractivity contribution in [1.29, 1.82) is 0 Å². The largest absolute Gasteiger partial charge is 0.370 e. The van der Waals surface area contributed by atoms with Crippen molar-refractivity contribution in [3.05, 3.63) is 0 Å². The van der Waals surface area contributed by atoms with E-state index >= 15 is 0 Å². The lowest BCUT2D eigenvalue weighted by atomic mass is 9.98. The summed E-state index contributed by atoms with van der Waals surface area (Å²) in [4.78, 5) is 18.8. The van der Waals surface area contributed by atoms with Gasteiger partial charge in [-0.3, -0.25) is 0 Å². The first-order chi connectivity index (χ1) is 6.89. The summed E-state index contributed by atoms with van der Waals surface area (Å²) in [6.07, 6.45) is 2.07. The van der Waals surface area contributed by atoms with Crippen LogP contribution in [0.2, 0.25) is 0 Å². The summed E-state index contributed by atoms with van der Waals surface area (Å²) in [5.74, 6) is -0.193. The van der Waals surface area contributed by atoms with E-state index in [-0.39, 0.29) is 5.97 Å². The molecule has 0 aromatic carbocycles. The normalized spacial score (nSPS) is 20.3. The maximum Gasteiger partial charge on any atom is 0.329 e. The molecule has 0 radical (unpaired) electrons. The van der Waals surface area contributed by atoms with E-state index in [9.17, 15) is 4.79 Å². The zero-order chi connectivity index (χ0) is 11.5. The average molecular weight is 214 g/mol. The molecule has 1 N–H and O–H groups in total. The fourth-order valence-corrected chi connectivity index (χ4v) is 1.42. The van der Waals surface area contributed by atoms with Gasteiger partial charge in [0.1, 0.15) is 0 Å². The summed E-state index contributed by atoms with van der Waals surface area (Å²) in [6, 6.07) is 0.312. The number of rotatable bonds is 2. The highest BCUT2D eigenvalue weighted by atomic mass is 16.7. The van der Waals surface area contributed by atoms with Gasteiger partial charge in [-0.15, -0.1) is 5.48 Å². The molecule has 15 heavy (non-hydrogen) atoms. The second-order valence-electron chi connectivity index (χ2n) is 5.33. The molecule has 0 amide bonds. The van der Waals surface area contributed by atoms with E-state index in [0.717, 1.165) is 25.9 Å². The van der Waals surface area contributed by atoms with Gasteiger partial charge in [0.25, 0.3) is 0 Å². The third-order valence-electron chi connectivity index (χ3n) is 2.65. The van der Waals surface area contributed by atoms with E-state index in [1.807, 2.05) is 20.8 Å². The van der Waals surface area contributed by atoms with Crippen LogP contribution in [0, 0.1) is 5.41 Å². The Balaban J connectivity index is 2.23. The van der Waals surface area contributed by atoms with Gasteiger partial charge in [0.05, 0.1) is 5.41 Å². The molecule has 1 rings (SSSR count). The summed E-state index contributed by atoms with van der Waals surface area (Å²) >= 11 is 0. The molecule has 4 heteroatoms. The summed E-state index contributed by atoms with van der Waals surface area (Å²) in [6.45, 7) is 7.68. The molecule has 88 valence electrons. The lowest BCUT2D eigenvalue weighted by Crippen LogP contribution is -2.43. The van der Waals surface area contributed by atoms with E-state index in [4.69, 9.17) is 4.84 Å². The first kappa shape index (κ1) is 12.5. The number of hydrogen-bond donors (Lipinski definition) is 1. The number of carbonyl (C=O) groups is 1. The van der Waals surface area contributed by atoms with Crippen LogP contribution in [0.1, 0.15) is 33.6 Å². The van der Waals surface area contributed by atoms with Gasteiger partial charge >= 0.3 is 5.97 Å². The van der Waals surface area contributed by atoms with Crippen molar-refractivity contribution in [1.82, 2.24) is 10.4 Å². The molecule has 0 atom stereocenters. The molecule has 0 bridgehead atoms. The first-order valence-corrected chi connectivity index (χ1v) is 5.55. The molecule has 0 unspecified atom stereocenters. The molecule has 1 aliphatic heterocycles. The Bertz CT molecular complexity index is 215. The van der Waals surface area contributed by atoms with Crippen LogP contribution in [0.5, 0.6) is 0 Å².